The van der Waals surface area contributed by atoms with E-state index in [4.69, 9.17) is 15.2 Å². The van der Waals surface area contributed by atoms with Gasteiger partial charge in [0.15, 0.2) is 0 Å². The molecule has 0 unspecified atom stereocenters. The molecule has 1 fully saturated rings. The molecule has 0 saturated carbocycles. The Labute approximate surface area is 103 Å². The smallest absolute Gasteiger partial charge is 0.230 e. The third-order valence-corrected chi connectivity index (χ3v) is 3.53. The monoisotopic (exact) mass is 244 g/mol. The van der Waals surface area contributed by atoms with Crippen molar-refractivity contribution in [2.45, 2.75) is 19.8 Å². The first-order valence-electron chi connectivity index (χ1n) is 6.26. The van der Waals surface area contributed by atoms with Gasteiger partial charge in [-0.3, -0.25) is 4.79 Å². The van der Waals surface area contributed by atoms with E-state index >= 15 is 0 Å². The van der Waals surface area contributed by atoms with Crippen molar-refractivity contribution in [2.24, 2.45) is 11.1 Å². The van der Waals surface area contributed by atoms with E-state index in [2.05, 4.69) is 0 Å². The topological polar surface area (TPSA) is 64.8 Å². The Bertz CT molecular complexity index is 240. The molecule has 0 bridgehead atoms. The maximum atomic E-state index is 12.5. The molecule has 1 rings (SSSR count). The maximum Gasteiger partial charge on any atom is 0.230 e. The number of hydrogen-bond acceptors (Lipinski definition) is 4. The molecule has 0 radical (unpaired) electrons. The summed E-state index contributed by atoms with van der Waals surface area (Å²) in [6.45, 7) is 5.54. The average Bonchev–Trinajstić information content (AvgIpc) is 2.40. The summed E-state index contributed by atoms with van der Waals surface area (Å²) in [7, 11) is 1.64. The number of rotatable bonds is 6. The average molecular weight is 244 g/mol. The molecule has 0 aromatic rings. The number of methoxy groups -OCH3 is 1. The number of amides is 1. The van der Waals surface area contributed by atoms with Gasteiger partial charge in [-0.15, -0.1) is 0 Å². The molecule has 0 aromatic carbocycles. The largest absolute Gasteiger partial charge is 0.383 e. The van der Waals surface area contributed by atoms with Crippen molar-refractivity contribution in [3.63, 3.8) is 0 Å². The highest BCUT2D eigenvalue weighted by Crippen LogP contribution is 2.31. The van der Waals surface area contributed by atoms with Crippen molar-refractivity contribution in [1.29, 1.82) is 0 Å². The lowest BCUT2D eigenvalue weighted by atomic mass is 9.79. The Balaban J connectivity index is 2.68. The van der Waals surface area contributed by atoms with Crippen LogP contribution in [0.25, 0.3) is 0 Å². The minimum atomic E-state index is -0.415. The molecule has 17 heavy (non-hydrogen) atoms. The lowest BCUT2D eigenvalue weighted by molar-refractivity contribution is -0.147. The summed E-state index contributed by atoms with van der Waals surface area (Å²) in [6.07, 6.45) is 1.46. The van der Waals surface area contributed by atoms with Crippen molar-refractivity contribution in [3.8, 4) is 0 Å². The fraction of sp³-hybridized carbons (Fsp3) is 0.917. The van der Waals surface area contributed by atoms with Gasteiger partial charge in [-0.1, -0.05) is 0 Å². The van der Waals surface area contributed by atoms with Gasteiger partial charge >= 0.3 is 0 Å². The van der Waals surface area contributed by atoms with Crippen LogP contribution in [0.1, 0.15) is 19.8 Å². The van der Waals surface area contributed by atoms with E-state index in [0.717, 1.165) is 12.8 Å². The Kier molecular flexibility index (Phi) is 5.88. The molecule has 2 N–H and O–H groups in total. The second-order valence-electron chi connectivity index (χ2n) is 4.47. The summed E-state index contributed by atoms with van der Waals surface area (Å²) in [4.78, 5) is 14.4. The second kappa shape index (κ2) is 6.93. The Hall–Kier alpha value is -0.650. The predicted molar refractivity (Wildman–Crippen MR) is 65.7 cm³/mol. The number of nitrogens with two attached hydrogens (primary N) is 1. The highest BCUT2D eigenvalue weighted by Gasteiger charge is 2.40. The zero-order valence-electron chi connectivity index (χ0n) is 10.9. The molecule has 100 valence electrons. The van der Waals surface area contributed by atoms with Gasteiger partial charge in [0, 0.05) is 40.0 Å². The molecular formula is C12H24N2O3. The van der Waals surface area contributed by atoms with Gasteiger partial charge < -0.3 is 20.1 Å². The van der Waals surface area contributed by atoms with E-state index in [-0.39, 0.29) is 5.91 Å². The molecule has 1 amide bonds. The van der Waals surface area contributed by atoms with Crippen LogP contribution in [-0.2, 0) is 14.3 Å². The molecule has 1 saturated heterocycles. The molecule has 0 atom stereocenters. The predicted octanol–water partition coefficient (Wildman–Crippen LogP) is 0.237. The van der Waals surface area contributed by atoms with E-state index in [1.54, 1.807) is 7.11 Å². The molecule has 5 nitrogen and oxygen atoms in total. The van der Waals surface area contributed by atoms with Gasteiger partial charge in [-0.05, 0) is 19.8 Å². The van der Waals surface area contributed by atoms with Crippen LogP contribution in [0.5, 0.6) is 0 Å². The number of carbonyl (C=O) groups excluding carboxylic acids is 1. The minimum absolute atomic E-state index is 0.155. The van der Waals surface area contributed by atoms with E-state index in [1.807, 2.05) is 11.8 Å². The van der Waals surface area contributed by atoms with Crippen molar-refractivity contribution in [3.05, 3.63) is 0 Å². The SMILES string of the molecule is CCN(CCOC)C(=O)C1(CN)CCOCC1. The fourth-order valence-corrected chi connectivity index (χ4v) is 2.21. The van der Waals surface area contributed by atoms with Crippen LogP contribution < -0.4 is 5.73 Å². The molecule has 0 spiro atoms. The van der Waals surface area contributed by atoms with Gasteiger partial charge in [-0.2, -0.15) is 0 Å². The summed E-state index contributed by atoms with van der Waals surface area (Å²) in [5.74, 6) is 0.155. The van der Waals surface area contributed by atoms with Crippen LogP contribution in [0.2, 0.25) is 0 Å². The Morgan fingerprint density at radius 2 is 2.12 bits per heavy atom. The zero-order valence-corrected chi connectivity index (χ0v) is 10.9. The van der Waals surface area contributed by atoms with Crippen LogP contribution in [0.3, 0.4) is 0 Å². The Morgan fingerprint density at radius 3 is 2.59 bits per heavy atom. The quantitative estimate of drug-likeness (QED) is 0.727. The summed E-state index contributed by atoms with van der Waals surface area (Å²) < 4.78 is 10.3. The molecule has 1 aliphatic heterocycles. The standard InChI is InChI=1S/C12H24N2O3/c1-3-14(6-9-16-2)11(15)12(10-13)4-7-17-8-5-12/h3-10,13H2,1-2H3. The number of nitrogens with zero attached hydrogens (tertiary/aromatic N) is 1. The summed E-state index contributed by atoms with van der Waals surface area (Å²) in [5.41, 5.74) is 5.41. The van der Waals surface area contributed by atoms with Crippen LogP contribution >= 0.6 is 0 Å². The molecule has 1 aliphatic rings. The first-order valence-corrected chi connectivity index (χ1v) is 6.26. The summed E-state index contributed by atoms with van der Waals surface area (Å²) in [6, 6.07) is 0. The third kappa shape index (κ3) is 3.40. The number of ether oxygens (including phenoxy) is 2. The normalized spacial score (nSPS) is 19.0. The number of hydrogen-bond donors (Lipinski definition) is 1. The van der Waals surface area contributed by atoms with Crippen molar-refractivity contribution < 1.29 is 14.3 Å². The highest BCUT2D eigenvalue weighted by atomic mass is 16.5. The lowest BCUT2D eigenvalue weighted by Crippen LogP contribution is -2.51. The Morgan fingerprint density at radius 1 is 1.47 bits per heavy atom. The number of likely N-dealkylation sites (N-methyl/N-ethyl adjacent to an activating group) is 1. The second-order valence-corrected chi connectivity index (χ2v) is 4.47. The van der Waals surface area contributed by atoms with Crippen LogP contribution in [0.15, 0.2) is 0 Å². The third-order valence-electron chi connectivity index (χ3n) is 3.53. The van der Waals surface area contributed by atoms with Crippen LogP contribution in [0, 0.1) is 5.41 Å². The van der Waals surface area contributed by atoms with E-state index < -0.39 is 5.41 Å². The highest BCUT2D eigenvalue weighted by molar-refractivity contribution is 5.83. The van der Waals surface area contributed by atoms with E-state index in [1.165, 1.54) is 0 Å². The minimum Gasteiger partial charge on any atom is -0.383 e. The molecule has 1 heterocycles. The zero-order chi connectivity index (χ0) is 12.7. The van der Waals surface area contributed by atoms with Crippen LogP contribution in [-0.4, -0.2) is 57.4 Å². The lowest BCUT2D eigenvalue weighted by Gasteiger charge is -2.38. The van der Waals surface area contributed by atoms with Crippen molar-refractivity contribution >= 4 is 5.91 Å². The molecule has 0 aliphatic carbocycles. The first kappa shape index (κ1) is 14.4. The van der Waals surface area contributed by atoms with Gasteiger partial charge in [-0.25, -0.2) is 0 Å². The van der Waals surface area contributed by atoms with Crippen molar-refractivity contribution in [1.82, 2.24) is 4.90 Å². The van der Waals surface area contributed by atoms with Gasteiger partial charge in [0.05, 0.1) is 12.0 Å². The maximum absolute atomic E-state index is 12.5. The van der Waals surface area contributed by atoms with E-state index in [0.29, 0.717) is 39.5 Å². The molecular weight excluding hydrogens is 220 g/mol. The van der Waals surface area contributed by atoms with Gasteiger partial charge in [0.1, 0.15) is 0 Å². The summed E-state index contributed by atoms with van der Waals surface area (Å²) >= 11 is 0. The molecule has 5 heteroatoms. The van der Waals surface area contributed by atoms with Gasteiger partial charge in [0.2, 0.25) is 5.91 Å². The van der Waals surface area contributed by atoms with Crippen LogP contribution in [0.4, 0.5) is 0 Å². The first-order chi connectivity index (χ1) is 8.20. The molecule has 0 aromatic heterocycles. The fourth-order valence-electron chi connectivity index (χ4n) is 2.21. The van der Waals surface area contributed by atoms with Crippen molar-refractivity contribution in [2.75, 3.05) is 46.6 Å². The number of carbonyl (C=O) groups is 1. The van der Waals surface area contributed by atoms with Gasteiger partial charge in [0.25, 0.3) is 0 Å². The summed E-state index contributed by atoms with van der Waals surface area (Å²) in [5, 5.41) is 0. The van der Waals surface area contributed by atoms with E-state index in [9.17, 15) is 4.79 Å².